The molecule has 1 aliphatic rings. The highest BCUT2D eigenvalue weighted by Crippen LogP contribution is 2.03. The smallest absolute Gasteiger partial charge is 0.0666 e. The van der Waals surface area contributed by atoms with Crippen LogP contribution < -0.4 is 5.32 Å². The number of rotatable bonds is 5. The summed E-state index contributed by atoms with van der Waals surface area (Å²) in [6.45, 7) is 7.99. The third-order valence-electron chi connectivity index (χ3n) is 2.67. The van der Waals surface area contributed by atoms with E-state index in [-0.39, 0.29) is 0 Å². The second-order valence-corrected chi connectivity index (χ2v) is 4.95. The molecule has 90 valence electrons. The van der Waals surface area contributed by atoms with E-state index in [1.54, 1.807) is 0 Å². The van der Waals surface area contributed by atoms with Gasteiger partial charge in [0.2, 0.25) is 0 Å². The molecule has 1 aromatic rings. The summed E-state index contributed by atoms with van der Waals surface area (Å²) in [5, 5.41) is 7.30. The van der Waals surface area contributed by atoms with E-state index in [1.165, 1.54) is 16.4 Å². The lowest BCUT2D eigenvalue weighted by Crippen LogP contribution is -2.44. The van der Waals surface area contributed by atoms with Crippen molar-refractivity contribution in [3.8, 4) is 0 Å². The normalized spacial score (nSPS) is 19.8. The molecule has 1 fully saturated rings. The summed E-state index contributed by atoms with van der Waals surface area (Å²) in [6.07, 6.45) is 1.82. The van der Waals surface area contributed by atoms with Crippen LogP contribution in [0.1, 0.15) is 11.8 Å². The minimum absolute atomic E-state index is 0.486. The van der Waals surface area contributed by atoms with Gasteiger partial charge in [0.25, 0.3) is 0 Å². The number of nitrogens with one attached hydrogen (secondary N) is 1. The first kappa shape index (κ1) is 11.9. The van der Waals surface area contributed by atoms with Crippen LogP contribution in [0.4, 0.5) is 0 Å². The minimum atomic E-state index is 0.486. The number of hydrogen-bond acceptors (Lipinski definition) is 6. The molecule has 0 aromatic carbocycles. The Kier molecular flexibility index (Phi) is 4.65. The van der Waals surface area contributed by atoms with Crippen LogP contribution in [0, 0.1) is 0 Å². The van der Waals surface area contributed by atoms with Gasteiger partial charge in [0.15, 0.2) is 0 Å². The van der Waals surface area contributed by atoms with Crippen LogP contribution in [0.3, 0.4) is 0 Å². The lowest BCUT2D eigenvalue weighted by atomic mass is 10.3. The van der Waals surface area contributed by atoms with Crippen molar-refractivity contribution >= 4 is 11.5 Å². The fourth-order valence-electron chi connectivity index (χ4n) is 1.78. The highest BCUT2D eigenvalue weighted by molar-refractivity contribution is 7.05. The van der Waals surface area contributed by atoms with Gasteiger partial charge in [0.1, 0.15) is 0 Å². The predicted molar refractivity (Wildman–Crippen MR) is 63.5 cm³/mol. The first-order chi connectivity index (χ1) is 7.84. The second kappa shape index (κ2) is 6.24. The average molecular weight is 242 g/mol. The Morgan fingerprint density at radius 2 is 2.38 bits per heavy atom. The van der Waals surface area contributed by atoms with Crippen LogP contribution in [-0.4, -0.2) is 53.4 Å². The quantitative estimate of drug-likeness (QED) is 0.807. The van der Waals surface area contributed by atoms with Gasteiger partial charge >= 0.3 is 0 Å². The molecule has 1 aromatic heterocycles. The molecule has 2 heterocycles. The number of hydrogen-bond donors (Lipinski definition) is 1. The summed E-state index contributed by atoms with van der Waals surface area (Å²) in [5.41, 5.74) is 0. The molecule has 0 bridgehead atoms. The summed E-state index contributed by atoms with van der Waals surface area (Å²) in [5.74, 6) is 0. The molecule has 2 rings (SSSR count). The molecular formula is C10H18N4OS. The zero-order valence-corrected chi connectivity index (χ0v) is 10.4. The Morgan fingerprint density at radius 1 is 1.56 bits per heavy atom. The van der Waals surface area contributed by atoms with Crippen molar-refractivity contribution in [3.05, 3.63) is 11.1 Å². The fraction of sp³-hybridized carbons (Fsp3) is 0.800. The van der Waals surface area contributed by atoms with Crippen molar-refractivity contribution in [1.29, 1.82) is 0 Å². The minimum Gasteiger partial charge on any atom is -0.379 e. The van der Waals surface area contributed by atoms with E-state index in [0.717, 1.165) is 39.4 Å². The lowest BCUT2D eigenvalue weighted by molar-refractivity contribution is 0.0343. The second-order valence-electron chi connectivity index (χ2n) is 4.08. The third kappa shape index (κ3) is 3.79. The Balaban J connectivity index is 1.65. The van der Waals surface area contributed by atoms with E-state index in [4.69, 9.17) is 4.74 Å². The number of nitrogens with zero attached hydrogens (tertiary/aromatic N) is 3. The van der Waals surface area contributed by atoms with E-state index >= 15 is 0 Å². The van der Waals surface area contributed by atoms with Crippen molar-refractivity contribution in [2.45, 2.75) is 19.5 Å². The van der Waals surface area contributed by atoms with Gasteiger partial charge in [0.05, 0.1) is 24.3 Å². The molecule has 0 amide bonds. The number of aromatic nitrogens is 2. The molecule has 0 spiro atoms. The van der Waals surface area contributed by atoms with Gasteiger partial charge in [-0.1, -0.05) is 4.49 Å². The first-order valence-corrected chi connectivity index (χ1v) is 6.41. The summed E-state index contributed by atoms with van der Waals surface area (Å²) in [7, 11) is 0. The molecule has 1 saturated heterocycles. The molecule has 0 radical (unpaired) electrons. The highest BCUT2D eigenvalue weighted by atomic mass is 32.1. The van der Waals surface area contributed by atoms with Crippen molar-refractivity contribution in [3.63, 3.8) is 0 Å². The molecule has 1 unspecified atom stereocenters. The SMILES string of the molecule is CC(CN1CCOCC1)NCc1cnns1. The Labute approximate surface area is 100.0 Å². The van der Waals surface area contributed by atoms with Crippen molar-refractivity contribution < 1.29 is 4.74 Å². The Bertz CT molecular complexity index is 287. The summed E-state index contributed by atoms with van der Waals surface area (Å²) in [6, 6.07) is 0.486. The predicted octanol–water partition coefficient (Wildman–Crippen LogP) is 0.348. The number of morpholine rings is 1. The molecule has 1 N–H and O–H groups in total. The standard InChI is InChI=1S/C10H18N4OS/c1-9(8-14-2-4-15-5-3-14)11-6-10-7-12-13-16-10/h7,9,11H,2-6,8H2,1H3. The molecule has 1 atom stereocenters. The molecule has 5 nitrogen and oxygen atoms in total. The first-order valence-electron chi connectivity index (χ1n) is 5.64. The fourth-order valence-corrected chi connectivity index (χ4v) is 2.22. The topological polar surface area (TPSA) is 50.3 Å². The van der Waals surface area contributed by atoms with Crippen LogP contribution in [0.25, 0.3) is 0 Å². The van der Waals surface area contributed by atoms with Crippen LogP contribution in [0.2, 0.25) is 0 Å². The summed E-state index contributed by atoms with van der Waals surface area (Å²) in [4.78, 5) is 3.63. The van der Waals surface area contributed by atoms with Crippen LogP contribution in [-0.2, 0) is 11.3 Å². The maximum Gasteiger partial charge on any atom is 0.0666 e. The molecule has 6 heteroatoms. The van der Waals surface area contributed by atoms with Gasteiger partial charge in [-0.2, -0.15) is 0 Å². The van der Waals surface area contributed by atoms with Crippen LogP contribution in [0.15, 0.2) is 6.20 Å². The molecule has 0 saturated carbocycles. The van der Waals surface area contributed by atoms with E-state index in [1.807, 2.05) is 6.20 Å². The Hall–Kier alpha value is -0.560. The maximum atomic E-state index is 5.32. The lowest BCUT2D eigenvalue weighted by Gasteiger charge is -2.29. The van der Waals surface area contributed by atoms with Gasteiger partial charge in [-0.3, -0.25) is 4.90 Å². The van der Waals surface area contributed by atoms with Gasteiger partial charge in [0, 0.05) is 32.2 Å². The highest BCUT2D eigenvalue weighted by Gasteiger charge is 2.13. The molecule has 1 aliphatic heterocycles. The van der Waals surface area contributed by atoms with Gasteiger partial charge in [-0.15, -0.1) is 5.10 Å². The van der Waals surface area contributed by atoms with E-state index < -0.39 is 0 Å². The van der Waals surface area contributed by atoms with Gasteiger partial charge < -0.3 is 10.1 Å². The molecule has 0 aliphatic carbocycles. The van der Waals surface area contributed by atoms with Crippen molar-refractivity contribution in [2.24, 2.45) is 0 Å². The van der Waals surface area contributed by atoms with Crippen LogP contribution >= 0.6 is 11.5 Å². The largest absolute Gasteiger partial charge is 0.379 e. The zero-order valence-electron chi connectivity index (χ0n) is 9.56. The van der Waals surface area contributed by atoms with E-state index in [0.29, 0.717) is 6.04 Å². The van der Waals surface area contributed by atoms with Gasteiger partial charge in [-0.05, 0) is 18.5 Å². The van der Waals surface area contributed by atoms with Crippen molar-refractivity contribution in [1.82, 2.24) is 19.8 Å². The Morgan fingerprint density at radius 3 is 3.06 bits per heavy atom. The van der Waals surface area contributed by atoms with E-state index in [2.05, 4.69) is 26.7 Å². The van der Waals surface area contributed by atoms with Crippen LogP contribution in [0.5, 0.6) is 0 Å². The number of ether oxygens (including phenoxy) is 1. The zero-order chi connectivity index (χ0) is 11.2. The molecular weight excluding hydrogens is 224 g/mol. The summed E-state index contributed by atoms with van der Waals surface area (Å²) < 4.78 is 9.16. The van der Waals surface area contributed by atoms with Gasteiger partial charge in [-0.25, -0.2) is 0 Å². The summed E-state index contributed by atoms with van der Waals surface area (Å²) >= 11 is 1.45. The third-order valence-corrected chi connectivity index (χ3v) is 3.33. The monoisotopic (exact) mass is 242 g/mol. The maximum absolute atomic E-state index is 5.32. The van der Waals surface area contributed by atoms with Crippen molar-refractivity contribution in [2.75, 3.05) is 32.8 Å². The van der Waals surface area contributed by atoms with E-state index in [9.17, 15) is 0 Å². The average Bonchev–Trinajstić information content (AvgIpc) is 2.81. The molecule has 16 heavy (non-hydrogen) atoms.